The van der Waals surface area contributed by atoms with Gasteiger partial charge in [-0.2, -0.15) is 0 Å². The zero-order chi connectivity index (χ0) is 16.2. The predicted octanol–water partition coefficient (Wildman–Crippen LogP) is 3.98. The maximum Gasteiger partial charge on any atom is 0.311 e. The smallest absolute Gasteiger partial charge is 0.311 e. The first kappa shape index (κ1) is 18.1. The minimum Gasteiger partial charge on any atom is -0.492 e. The van der Waals surface area contributed by atoms with Gasteiger partial charge < -0.3 is 15.2 Å². The van der Waals surface area contributed by atoms with Crippen molar-refractivity contribution in [2.45, 2.75) is 33.2 Å². The summed E-state index contributed by atoms with van der Waals surface area (Å²) in [5, 5.41) is 0.915. The van der Waals surface area contributed by atoms with Gasteiger partial charge in [0.25, 0.3) is 0 Å². The number of hydrogen-bond acceptors (Lipinski definition) is 4. The fourth-order valence-electron chi connectivity index (χ4n) is 2.11. The van der Waals surface area contributed by atoms with Crippen molar-refractivity contribution in [3.63, 3.8) is 0 Å². The van der Waals surface area contributed by atoms with Crippen LogP contribution in [-0.4, -0.2) is 19.7 Å². The van der Waals surface area contributed by atoms with E-state index in [1.165, 1.54) is 7.11 Å². The average Bonchev–Trinajstić information content (AvgIpc) is 2.41. The van der Waals surface area contributed by atoms with Crippen molar-refractivity contribution in [2.75, 3.05) is 13.7 Å². The summed E-state index contributed by atoms with van der Waals surface area (Å²) in [5.41, 5.74) is 6.15. The fourth-order valence-corrected chi connectivity index (χ4v) is 2.63. The van der Waals surface area contributed by atoms with E-state index in [1.807, 2.05) is 6.92 Å². The van der Waals surface area contributed by atoms with Crippen molar-refractivity contribution < 1.29 is 14.3 Å². The van der Waals surface area contributed by atoms with Crippen molar-refractivity contribution in [1.82, 2.24) is 0 Å². The Bertz CT molecular complexity index is 518. The number of carbonyl (C=O) groups excluding carboxylic acids is 1. The maximum atomic E-state index is 11.7. The SMILES string of the molecule is CCOc1cc(Cl)c(C(N)CC(C)(C)C(=O)OC)cc1Cl. The molecule has 0 bridgehead atoms. The number of halogens is 2. The van der Waals surface area contributed by atoms with E-state index < -0.39 is 11.5 Å². The van der Waals surface area contributed by atoms with E-state index in [2.05, 4.69) is 0 Å². The first-order chi connectivity index (χ1) is 9.72. The highest BCUT2D eigenvalue weighted by molar-refractivity contribution is 6.34. The molecule has 0 radical (unpaired) electrons. The molecular formula is C15H21Cl2NO3. The molecule has 0 saturated heterocycles. The normalized spacial score (nSPS) is 12.9. The van der Waals surface area contributed by atoms with Crippen molar-refractivity contribution in [3.05, 3.63) is 27.7 Å². The second-order valence-corrected chi connectivity index (χ2v) is 6.24. The first-order valence-electron chi connectivity index (χ1n) is 6.68. The Morgan fingerprint density at radius 2 is 1.95 bits per heavy atom. The molecular weight excluding hydrogens is 313 g/mol. The van der Waals surface area contributed by atoms with Crippen LogP contribution in [0.1, 0.15) is 38.8 Å². The van der Waals surface area contributed by atoms with Crippen molar-refractivity contribution >= 4 is 29.2 Å². The van der Waals surface area contributed by atoms with Gasteiger partial charge in [0.2, 0.25) is 0 Å². The Labute approximate surface area is 135 Å². The van der Waals surface area contributed by atoms with Gasteiger partial charge in [-0.1, -0.05) is 23.2 Å². The number of methoxy groups -OCH3 is 1. The maximum absolute atomic E-state index is 11.7. The van der Waals surface area contributed by atoms with Gasteiger partial charge in [0.1, 0.15) is 5.75 Å². The summed E-state index contributed by atoms with van der Waals surface area (Å²) in [7, 11) is 1.36. The van der Waals surface area contributed by atoms with Gasteiger partial charge in [-0.05, 0) is 38.8 Å². The molecule has 0 saturated carbocycles. The Morgan fingerprint density at radius 3 is 2.48 bits per heavy atom. The zero-order valence-corrected chi connectivity index (χ0v) is 14.2. The van der Waals surface area contributed by atoms with Crippen LogP contribution in [0.3, 0.4) is 0 Å². The Hall–Kier alpha value is -0.970. The molecule has 0 aromatic heterocycles. The molecule has 1 unspecified atom stereocenters. The largest absolute Gasteiger partial charge is 0.492 e. The molecule has 1 rings (SSSR count). The fraction of sp³-hybridized carbons (Fsp3) is 0.533. The minimum atomic E-state index is -0.706. The van der Waals surface area contributed by atoms with Crippen LogP contribution in [0, 0.1) is 5.41 Å². The third-order valence-corrected chi connectivity index (χ3v) is 3.84. The van der Waals surface area contributed by atoms with Crippen LogP contribution in [0.2, 0.25) is 10.0 Å². The Morgan fingerprint density at radius 1 is 1.33 bits per heavy atom. The van der Waals surface area contributed by atoms with E-state index >= 15 is 0 Å². The molecule has 0 aliphatic carbocycles. The lowest BCUT2D eigenvalue weighted by molar-refractivity contribution is -0.151. The van der Waals surface area contributed by atoms with E-state index in [1.54, 1.807) is 26.0 Å². The summed E-state index contributed by atoms with van der Waals surface area (Å²) >= 11 is 12.4. The summed E-state index contributed by atoms with van der Waals surface area (Å²) < 4.78 is 10.2. The molecule has 2 N–H and O–H groups in total. The van der Waals surface area contributed by atoms with E-state index in [4.69, 9.17) is 38.4 Å². The lowest BCUT2D eigenvalue weighted by Crippen LogP contribution is -2.30. The van der Waals surface area contributed by atoms with Crippen molar-refractivity contribution in [1.29, 1.82) is 0 Å². The van der Waals surface area contributed by atoms with E-state index in [-0.39, 0.29) is 5.97 Å². The molecule has 0 spiro atoms. The second kappa shape index (κ2) is 7.34. The molecule has 0 aliphatic heterocycles. The molecule has 0 aliphatic rings. The number of carbonyl (C=O) groups is 1. The number of benzene rings is 1. The van der Waals surface area contributed by atoms with Gasteiger partial charge in [0, 0.05) is 17.1 Å². The molecule has 21 heavy (non-hydrogen) atoms. The average molecular weight is 334 g/mol. The lowest BCUT2D eigenvalue weighted by Gasteiger charge is -2.26. The molecule has 1 aromatic carbocycles. The summed E-state index contributed by atoms with van der Waals surface area (Å²) in [6.45, 7) is 5.92. The van der Waals surface area contributed by atoms with E-state index in [0.29, 0.717) is 34.4 Å². The summed E-state index contributed by atoms with van der Waals surface area (Å²) in [5.74, 6) is 0.207. The van der Waals surface area contributed by atoms with Crippen LogP contribution >= 0.6 is 23.2 Å². The van der Waals surface area contributed by atoms with E-state index in [0.717, 1.165) is 0 Å². The van der Waals surface area contributed by atoms with Crippen LogP contribution in [0.5, 0.6) is 5.75 Å². The zero-order valence-electron chi connectivity index (χ0n) is 12.7. The third-order valence-electron chi connectivity index (χ3n) is 3.22. The molecule has 0 amide bonds. The standard InChI is InChI=1S/C15H21Cl2NO3/c1-5-21-13-7-10(16)9(6-11(13)17)12(18)8-15(2,3)14(19)20-4/h6-7,12H,5,8,18H2,1-4H3. The minimum absolute atomic E-state index is 0.314. The van der Waals surface area contributed by atoms with Crippen molar-refractivity contribution in [3.8, 4) is 5.75 Å². The molecule has 4 nitrogen and oxygen atoms in total. The summed E-state index contributed by atoms with van der Waals surface area (Å²) in [4.78, 5) is 11.7. The van der Waals surface area contributed by atoms with Gasteiger partial charge in [-0.15, -0.1) is 0 Å². The van der Waals surface area contributed by atoms with Gasteiger partial charge in [0.15, 0.2) is 0 Å². The van der Waals surface area contributed by atoms with Gasteiger partial charge in [-0.25, -0.2) is 0 Å². The highest BCUT2D eigenvalue weighted by atomic mass is 35.5. The van der Waals surface area contributed by atoms with Gasteiger partial charge in [0.05, 0.1) is 24.2 Å². The topological polar surface area (TPSA) is 61.5 Å². The predicted molar refractivity (Wildman–Crippen MR) is 85.0 cm³/mol. The van der Waals surface area contributed by atoms with Gasteiger partial charge >= 0.3 is 5.97 Å². The summed E-state index contributed by atoms with van der Waals surface area (Å²) in [6.07, 6.45) is 0.393. The highest BCUT2D eigenvalue weighted by Gasteiger charge is 2.32. The van der Waals surface area contributed by atoms with Gasteiger partial charge in [-0.3, -0.25) is 4.79 Å². The molecule has 0 fully saturated rings. The lowest BCUT2D eigenvalue weighted by atomic mass is 9.84. The number of hydrogen-bond donors (Lipinski definition) is 1. The molecule has 1 atom stereocenters. The molecule has 118 valence electrons. The van der Waals surface area contributed by atoms with E-state index in [9.17, 15) is 4.79 Å². The number of rotatable bonds is 6. The number of nitrogens with two attached hydrogens (primary N) is 1. The highest BCUT2D eigenvalue weighted by Crippen LogP contribution is 2.37. The van der Waals surface area contributed by atoms with Crippen LogP contribution < -0.4 is 10.5 Å². The first-order valence-corrected chi connectivity index (χ1v) is 7.44. The third kappa shape index (κ3) is 4.50. The Balaban J connectivity index is 3.00. The van der Waals surface area contributed by atoms with Crippen LogP contribution in [0.4, 0.5) is 0 Å². The summed E-state index contributed by atoms with van der Waals surface area (Å²) in [6, 6.07) is 2.90. The quantitative estimate of drug-likeness (QED) is 0.799. The molecule has 1 aromatic rings. The monoisotopic (exact) mass is 333 g/mol. The number of ether oxygens (including phenoxy) is 2. The second-order valence-electron chi connectivity index (χ2n) is 5.42. The Kier molecular flexibility index (Phi) is 6.32. The molecule has 6 heteroatoms. The molecule has 0 heterocycles. The van der Waals surface area contributed by atoms with Crippen LogP contribution in [0.15, 0.2) is 12.1 Å². The van der Waals surface area contributed by atoms with Crippen LogP contribution in [0.25, 0.3) is 0 Å². The van der Waals surface area contributed by atoms with Crippen LogP contribution in [-0.2, 0) is 9.53 Å². The number of esters is 1. The van der Waals surface area contributed by atoms with Crippen molar-refractivity contribution in [2.24, 2.45) is 11.1 Å².